The van der Waals surface area contributed by atoms with Crippen LogP contribution in [-0.4, -0.2) is 23.2 Å². The summed E-state index contributed by atoms with van der Waals surface area (Å²) in [5.41, 5.74) is 4.11. The van der Waals surface area contributed by atoms with E-state index in [1.165, 1.54) is 5.56 Å². The van der Waals surface area contributed by atoms with Gasteiger partial charge in [0.1, 0.15) is 5.75 Å². The van der Waals surface area contributed by atoms with E-state index in [9.17, 15) is 4.79 Å². The van der Waals surface area contributed by atoms with Crippen molar-refractivity contribution in [1.82, 2.24) is 10.1 Å². The molecule has 6 heteroatoms. The number of rotatable bonds is 5. The molecule has 1 amide bonds. The first-order chi connectivity index (χ1) is 15.3. The Bertz CT molecular complexity index is 1220. The largest absolute Gasteiger partial charge is 0.497 e. The van der Waals surface area contributed by atoms with E-state index in [0.717, 1.165) is 16.9 Å². The summed E-state index contributed by atoms with van der Waals surface area (Å²) in [6.07, 6.45) is 0. The quantitative estimate of drug-likeness (QED) is 0.425. The molecule has 0 fully saturated rings. The number of hydrogen-bond acceptors (Lipinski definition) is 5. The minimum Gasteiger partial charge on any atom is -0.497 e. The van der Waals surface area contributed by atoms with Gasteiger partial charge in [-0.2, -0.15) is 4.98 Å². The van der Waals surface area contributed by atoms with E-state index in [1.807, 2.05) is 72.8 Å². The van der Waals surface area contributed by atoms with Crippen LogP contribution in [-0.2, 0) is 5.41 Å². The molecule has 1 aromatic heterocycles. The van der Waals surface area contributed by atoms with Crippen LogP contribution >= 0.6 is 0 Å². The van der Waals surface area contributed by atoms with E-state index >= 15 is 0 Å². The van der Waals surface area contributed by atoms with Crippen molar-refractivity contribution >= 4 is 11.6 Å². The molecule has 0 aliphatic heterocycles. The highest BCUT2D eigenvalue weighted by atomic mass is 16.5. The summed E-state index contributed by atoms with van der Waals surface area (Å²) in [7, 11) is 1.61. The van der Waals surface area contributed by atoms with Crippen LogP contribution in [0.15, 0.2) is 77.3 Å². The predicted molar refractivity (Wildman–Crippen MR) is 125 cm³/mol. The first kappa shape index (κ1) is 21.3. The molecule has 4 aromatic rings. The van der Waals surface area contributed by atoms with Gasteiger partial charge in [-0.05, 0) is 65.6 Å². The highest BCUT2D eigenvalue weighted by Gasteiger charge is 2.15. The Kier molecular flexibility index (Phi) is 5.77. The third-order valence-electron chi connectivity index (χ3n) is 5.16. The zero-order chi connectivity index (χ0) is 22.7. The van der Waals surface area contributed by atoms with Gasteiger partial charge >= 0.3 is 0 Å². The topological polar surface area (TPSA) is 77.2 Å². The first-order valence-corrected chi connectivity index (χ1v) is 10.3. The minimum atomic E-state index is -0.155. The Morgan fingerprint density at radius 3 is 2.31 bits per heavy atom. The normalized spacial score (nSPS) is 11.2. The Balaban J connectivity index is 1.45. The third kappa shape index (κ3) is 4.70. The van der Waals surface area contributed by atoms with Gasteiger partial charge in [0.15, 0.2) is 0 Å². The number of carbonyl (C=O) groups excluding carboxylic acids is 1. The van der Waals surface area contributed by atoms with Crippen molar-refractivity contribution in [3.8, 4) is 28.6 Å². The number of benzene rings is 3. The van der Waals surface area contributed by atoms with Gasteiger partial charge in [-0.25, -0.2) is 0 Å². The molecule has 1 heterocycles. The fourth-order valence-electron chi connectivity index (χ4n) is 3.24. The Morgan fingerprint density at radius 1 is 0.938 bits per heavy atom. The molecule has 4 rings (SSSR count). The molecule has 0 saturated heterocycles. The minimum absolute atomic E-state index is 0.0481. The molecular formula is C26H25N3O3. The van der Waals surface area contributed by atoms with Crippen LogP contribution in [0.25, 0.3) is 22.8 Å². The number of aromatic nitrogens is 2. The van der Waals surface area contributed by atoms with Crippen molar-refractivity contribution in [3.05, 3.63) is 83.9 Å². The summed E-state index contributed by atoms with van der Waals surface area (Å²) < 4.78 is 10.6. The molecule has 0 spiro atoms. The second-order valence-electron chi connectivity index (χ2n) is 8.51. The predicted octanol–water partition coefficient (Wildman–Crippen LogP) is 5.96. The first-order valence-electron chi connectivity index (χ1n) is 10.3. The highest BCUT2D eigenvalue weighted by Crippen LogP contribution is 2.26. The van der Waals surface area contributed by atoms with Gasteiger partial charge in [0.05, 0.1) is 7.11 Å². The van der Waals surface area contributed by atoms with Gasteiger partial charge in [-0.3, -0.25) is 4.79 Å². The standard InChI is InChI=1S/C26H25N3O3/c1-26(2,3)20-12-8-18(9-13-20)24(30)27-21-14-10-17(11-15-21)23-28-25(32-29-23)19-6-5-7-22(16-19)31-4/h5-16H,1-4H3,(H,27,30). The number of nitrogens with zero attached hydrogens (tertiary/aromatic N) is 2. The lowest BCUT2D eigenvalue weighted by atomic mass is 9.87. The summed E-state index contributed by atoms with van der Waals surface area (Å²) in [5.74, 6) is 1.45. The summed E-state index contributed by atoms with van der Waals surface area (Å²) in [4.78, 5) is 17.1. The van der Waals surface area contributed by atoms with Crippen LogP contribution in [0.4, 0.5) is 5.69 Å². The van der Waals surface area contributed by atoms with E-state index in [4.69, 9.17) is 9.26 Å². The van der Waals surface area contributed by atoms with E-state index in [1.54, 1.807) is 7.11 Å². The lowest BCUT2D eigenvalue weighted by Gasteiger charge is -2.19. The average molecular weight is 428 g/mol. The summed E-state index contributed by atoms with van der Waals surface area (Å²) in [5, 5.41) is 6.99. The summed E-state index contributed by atoms with van der Waals surface area (Å²) in [6.45, 7) is 6.44. The van der Waals surface area contributed by atoms with Crippen molar-refractivity contribution in [2.24, 2.45) is 0 Å². The molecule has 0 bridgehead atoms. The summed E-state index contributed by atoms with van der Waals surface area (Å²) in [6, 6.07) is 22.5. The maximum Gasteiger partial charge on any atom is 0.258 e. The zero-order valence-corrected chi connectivity index (χ0v) is 18.5. The third-order valence-corrected chi connectivity index (χ3v) is 5.16. The lowest BCUT2D eigenvalue weighted by molar-refractivity contribution is 0.102. The molecule has 0 radical (unpaired) electrons. The number of nitrogens with one attached hydrogen (secondary N) is 1. The Morgan fingerprint density at radius 2 is 1.66 bits per heavy atom. The second kappa shape index (κ2) is 8.67. The van der Waals surface area contributed by atoms with E-state index < -0.39 is 0 Å². The van der Waals surface area contributed by atoms with Crippen LogP contribution in [0.1, 0.15) is 36.7 Å². The van der Waals surface area contributed by atoms with E-state index in [0.29, 0.717) is 23.0 Å². The number of methoxy groups -OCH3 is 1. The molecule has 6 nitrogen and oxygen atoms in total. The highest BCUT2D eigenvalue weighted by molar-refractivity contribution is 6.04. The van der Waals surface area contributed by atoms with Crippen LogP contribution in [0.5, 0.6) is 5.75 Å². The number of carbonyl (C=O) groups is 1. The van der Waals surface area contributed by atoms with Crippen LogP contribution in [0.3, 0.4) is 0 Å². The molecule has 3 aromatic carbocycles. The number of amides is 1. The van der Waals surface area contributed by atoms with Crippen molar-refractivity contribution in [1.29, 1.82) is 0 Å². The Hall–Kier alpha value is -3.93. The lowest BCUT2D eigenvalue weighted by Crippen LogP contribution is -2.14. The van der Waals surface area contributed by atoms with Crippen molar-refractivity contribution in [2.75, 3.05) is 12.4 Å². The van der Waals surface area contributed by atoms with E-state index in [-0.39, 0.29) is 11.3 Å². The summed E-state index contributed by atoms with van der Waals surface area (Å²) >= 11 is 0. The van der Waals surface area contributed by atoms with E-state index in [2.05, 4.69) is 36.2 Å². The van der Waals surface area contributed by atoms with Gasteiger partial charge in [0, 0.05) is 22.4 Å². The molecular weight excluding hydrogens is 402 g/mol. The number of ether oxygens (including phenoxy) is 1. The Labute approximate surface area is 187 Å². The molecule has 0 aliphatic carbocycles. The van der Waals surface area contributed by atoms with Gasteiger partial charge in [-0.1, -0.05) is 44.1 Å². The van der Waals surface area contributed by atoms with Gasteiger partial charge < -0.3 is 14.6 Å². The average Bonchev–Trinajstić information content (AvgIpc) is 3.29. The van der Waals surface area contributed by atoms with Crippen molar-refractivity contribution in [2.45, 2.75) is 26.2 Å². The molecule has 1 N–H and O–H groups in total. The van der Waals surface area contributed by atoms with Crippen LogP contribution < -0.4 is 10.1 Å². The van der Waals surface area contributed by atoms with Crippen LogP contribution in [0.2, 0.25) is 0 Å². The molecule has 32 heavy (non-hydrogen) atoms. The molecule has 0 atom stereocenters. The van der Waals surface area contributed by atoms with Gasteiger partial charge in [0.2, 0.25) is 5.82 Å². The monoisotopic (exact) mass is 427 g/mol. The number of anilines is 1. The molecule has 0 saturated carbocycles. The second-order valence-corrected chi connectivity index (χ2v) is 8.51. The molecule has 162 valence electrons. The molecule has 0 aliphatic rings. The van der Waals surface area contributed by atoms with Gasteiger partial charge in [-0.15, -0.1) is 0 Å². The maximum absolute atomic E-state index is 12.6. The fraction of sp³-hybridized carbons (Fsp3) is 0.192. The van der Waals surface area contributed by atoms with Crippen molar-refractivity contribution in [3.63, 3.8) is 0 Å². The van der Waals surface area contributed by atoms with Gasteiger partial charge in [0.25, 0.3) is 11.8 Å². The van der Waals surface area contributed by atoms with Crippen LogP contribution in [0, 0.1) is 0 Å². The van der Waals surface area contributed by atoms with Crippen molar-refractivity contribution < 1.29 is 14.1 Å². The number of hydrogen-bond donors (Lipinski definition) is 1. The fourth-order valence-corrected chi connectivity index (χ4v) is 3.24. The maximum atomic E-state index is 12.6. The SMILES string of the molecule is COc1cccc(-c2nc(-c3ccc(NC(=O)c4ccc(C(C)(C)C)cc4)cc3)no2)c1. The zero-order valence-electron chi connectivity index (χ0n) is 18.5. The smallest absolute Gasteiger partial charge is 0.258 e. The molecule has 0 unspecified atom stereocenters.